The molecule has 0 aliphatic carbocycles. The first kappa shape index (κ1) is 16.4. The molecule has 1 aliphatic heterocycles. The van der Waals surface area contributed by atoms with Crippen LogP contribution < -0.4 is 5.32 Å². The van der Waals surface area contributed by atoms with E-state index in [1.807, 2.05) is 20.8 Å². The Morgan fingerprint density at radius 1 is 1.42 bits per heavy atom. The number of nitrogens with zero attached hydrogens (tertiary/aromatic N) is 1. The van der Waals surface area contributed by atoms with E-state index in [2.05, 4.69) is 5.32 Å². The van der Waals surface area contributed by atoms with Gasteiger partial charge in [0.05, 0.1) is 5.75 Å². The molecule has 0 aromatic heterocycles. The molecule has 1 atom stereocenters. The Morgan fingerprint density at radius 3 is 2.58 bits per heavy atom. The zero-order valence-corrected chi connectivity index (χ0v) is 13.0. The first-order valence-electron chi connectivity index (χ1n) is 7.06. The average molecular weight is 290 g/mol. The lowest BCUT2D eigenvalue weighted by atomic mass is 10.2. The molecule has 1 aliphatic rings. The van der Waals surface area contributed by atoms with Crippen molar-refractivity contribution in [3.63, 3.8) is 0 Å². The lowest BCUT2D eigenvalue weighted by molar-refractivity contribution is -0.130. The van der Waals surface area contributed by atoms with E-state index < -0.39 is 9.84 Å². The lowest BCUT2D eigenvalue weighted by Crippen LogP contribution is -2.45. The summed E-state index contributed by atoms with van der Waals surface area (Å²) in [5.74, 6) is -0.440. The summed E-state index contributed by atoms with van der Waals surface area (Å²) in [7, 11) is -3.28. The Balaban J connectivity index is 2.66. The molecule has 6 heteroatoms. The SMILES string of the molecule is CCCN(C(=O)CS(=O)(=O)CC(C)C)C1CCNC1. The molecule has 1 saturated heterocycles. The number of hydrogen-bond donors (Lipinski definition) is 1. The minimum absolute atomic E-state index is 0.0607. The molecule has 1 amide bonds. The molecule has 1 N–H and O–H groups in total. The zero-order valence-electron chi connectivity index (χ0n) is 12.2. The molecule has 0 aromatic rings. The predicted octanol–water partition coefficient (Wildman–Crippen LogP) is 0.658. The van der Waals surface area contributed by atoms with Crippen LogP contribution in [0.1, 0.15) is 33.6 Å². The van der Waals surface area contributed by atoms with Crippen molar-refractivity contribution in [3.8, 4) is 0 Å². The van der Waals surface area contributed by atoms with Crippen molar-refractivity contribution in [2.45, 2.75) is 39.7 Å². The van der Waals surface area contributed by atoms with Gasteiger partial charge in [-0.1, -0.05) is 20.8 Å². The van der Waals surface area contributed by atoms with Crippen molar-refractivity contribution in [3.05, 3.63) is 0 Å². The number of rotatable bonds is 7. The number of sulfone groups is 1. The Hall–Kier alpha value is -0.620. The molecular formula is C13H26N2O3S. The van der Waals surface area contributed by atoms with Crippen LogP contribution in [-0.2, 0) is 14.6 Å². The largest absolute Gasteiger partial charge is 0.338 e. The van der Waals surface area contributed by atoms with Crippen LogP contribution in [0.25, 0.3) is 0 Å². The molecule has 0 bridgehead atoms. The van der Waals surface area contributed by atoms with E-state index in [0.29, 0.717) is 6.54 Å². The molecule has 112 valence electrons. The Bertz CT molecular complexity index is 387. The third-order valence-corrected chi connectivity index (χ3v) is 5.05. The van der Waals surface area contributed by atoms with Crippen LogP contribution in [0.4, 0.5) is 0 Å². The monoisotopic (exact) mass is 290 g/mol. The second-order valence-corrected chi connectivity index (χ2v) is 7.79. The Labute approximate surface area is 116 Å². The smallest absolute Gasteiger partial charge is 0.238 e. The molecule has 1 heterocycles. The molecular weight excluding hydrogens is 264 g/mol. The average Bonchev–Trinajstić information content (AvgIpc) is 2.75. The maximum Gasteiger partial charge on any atom is 0.238 e. The quantitative estimate of drug-likeness (QED) is 0.748. The van der Waals surface area contributed by atoms with Gasteiger partial charge in [-0.05, 0) is 25.3 Å². The van der Waals surface area contributed by atoms with Crippen molar-refractivity contribution in [1.29, 1.82) is 0 Å². The van der Waals surface area contributed by atoms with Crippen LogP contribution in [0.5, 0.6) is 0 Å². The van der Waals surface area contributed by atoms with Gasteiger partial charge in [-0.2, -0.15) is 0 Å². The second kappa shape index (κ2) is 7.24. The highest BCUT2D eigenvalue weighted by atomic mass is 32.2. The molecule has 1 fully saturated rings. The lowest BCUT2D eigenvalue weighted by Gasteiger charge is -2.28. The van der Waals surface area contributed by atoms with Crippen molar-refractivity contribution >= 4 is 15.7 Å². The third-order valence-electron chi connectivity index (χ3n) is 3.19. The Morgan fingerprint density at radius 2 is 2.11 bits per heavy atom. The van der Waals surface area contributed by atoms with Gasteiger partial charge in [0.1, 0.15) is 5.75 Å². The second-order valence-electron chi connectivity index (χ2n) is 5.68. The minimum Gasteiger partial charge on any atom is -0.338 e. The van der Waals surface area contributed by atoms with Gasteiger partial charge in [-0.25, -0.2) is 8.42 Å². The molecule has 19 heavy (non-hydrogen) atoms. The van der Waals surface area contributed by atoms with Crippen molar-refractivity contribution in [1.82, 2.24) is 10.2 Å². The van der Waals surface area contributed by atoms with Crippen molar-refractivity contribution in [2.24, 2.45) is 5.92 Å². The first-order valence-corrected chi connectivity index (χ1v) is 8.88. The van der Waals surface area contributed by atoms with Crippen LogP contribution in [0, 0.1) is 5.92 Å². The number of nitrogens with one attached hydrogen (secondary N) is 1. The summed E-state index contributed by atoms with van der Waals surface area (Å²) >= 11 is 0. The Kier molecular flexibility index (Phi) is 6.26. The van der Waals surface area contributed by atoms with E-state index in [9.17, 15) is 13.2 Å². The fourth-order valence-corrected chi connectivity index (χ4v) is 4.17. The van der Waals surface area contributed by atoms with E-state index in [0.717, 1.165) is 25.9 Å². The van der Waals surface area contributed by atoms with Crippen LogP contribution >= 0.6 is 0 Å². The van der Waals surface area contributed by atoms with Gasteiger partial charge < -0.3 is 10.2 Å². The standard InChI is InChI=1S/C13H26N2O3S/c1-4-7-15(12-5-6-14-8-12)13(16)10-19(17,18)9-11(2)3/h11-12,14H,4-10H2,1-3H3. The normalized spacial score (nSPS) is 19.9. The highest BCUT2D eigenvalue weighted by molar-refractivity contribution is 7.92. The minimum atomic E-state index is -3.28. The highest BCUT2D eigenvalue weighted by Gasteiger charge is 2.29. The number of carbonyl (C=O) groups is 1. The highest BCUT2D eigenvalue weighted by Crippen LogP contribution is 2.11. The van der Waals surface area contributed by atoms with E-state index in [1.165, 1.54) is 0 Å². The van der Waals surface area contributed by atoms with Gasteiger partial charge in [-0.3, -0.25) is 4.79 Å². The van der Waals surface area contributed by atoms with Crippen LogP contribution in [-0.4, -0.2) is 56.4 Å². The summed E-state index contributed by atoms with van der Waals surface area (Å²) in [6, 6.07) is 0.154. The summed E-state index contributed by atoms with van der Waals surface area (Å²) in [5, 5.41) is 3.22. The number of amides is 1. The fraction of sp³-hybridized carbons (Fsp3) is 0.923. The molecule has 5 nitrogen and oxygen atoms in total. The van der Waals surface area contributed by atoms with Crippen LogP contribution in [0.2, 0.25) is 0 Å². The molecule has 1 rings (SSSR count). The van der Waals surface area contributed by atoms with Crippen LogP contribution in [0.3, 0.4) is 0 Å². The van der Waals surface area contributed by atoms with E-state index in [-0.39, 0.29) is 29.4 Å². The molecule has 0 radical (unpaired) electrons. The first-order chi connectivity index (χ1) is 8.85. The van der Waals surface area contributed by atoms with Gasteiger partial charge >= 0.3 is 0 Å². The summed E-state index contributed by atoms with van der Waals surface area (Å²) < 4.78 is 23.8. The van der Waals surface area contributed by atoms with Crippen molar-refractivity contribution < 1.29 is 13.2 Å². The fourth-order valence-electron chi connectivity index (χ4n) is 2.50. The zero-order chi connectivity index (χ0) is 14.5. The predicted molar refractivity (Wildman–Crippen MR) is 76.8 cm³/mol. The molecule has 0 saturated carbocycles. The van der Waals surface area contributed by atoms with E-state index >= 15 is 0 Å². The topological polar surface area (TPSA) is 66.5 Å². The van der Waals surface area contributed by atoms with E-state index in [4.69, 9.17) is 0 Å². The van der Waals surface area contributed by atoms with E-state index in [1.54, 1.807) is 4.90 Å². The van der Waals surface area contributed by atoms with Crippen molar-refractivity contribution in [2.75, 3.05) is 31.1 Å². The van der Waals surface area contributed by atoms with Gasteiger partial charge in [0.2, 0.25) is 5.91 Å². The van der Waals surface area contributed by atoms with Gasteiger partial charge in [0.15, 0.2) is 9.84 Å². The summed E-state index contributed by atoms with van der Waals surface area (Å²) in [4.78, 5) is 14.0. The van der Waals surface area contributed by atoms with Gasteiger partial charge in [0.25, 0.3) is 0 Å². The molecule has 0 aromatic carbocycles. The summed E-state index contributed by atoms with van der Waals surface area (Å²) in [5.41, 5.74) is 0. The van der Waals surface area contributed by atoms with Crippen LogP contribution in [0.15, 0.2) is 0 Å². The molecule has 0 spiro atoms. The maximum absolute atomic E-state index is 12.2. The summed E-state index contributed by atoms with van der Waals surface area (Å²) in [6.07, 6.45) is 1.77. The van der Waals surface area contributed by atoms with Gasteiger partial charge in [0, 0.05) is 19.1 Å². The third kappa shape index (κ3) is 5.48. The number of carbonyl (C=O) groups excluding carboxylic acids is 1. The maximum atomic E-state index is 12.2. The van der Waals surface area contributed by atoms with Gasteiger partial charge in [-0.15, -0.1) is 0 Å². The molecule has 1 unspecified atom stereocenters. The summed E-state index contributed by atoms with van der Waals surface area (Å²) in [6.45, 7) is 8.03. The number of hydrogen-bond acceptors (Lipinski definition) is 4.